The summed E-state index contributed by atoms with van der Waals surface area (Å²) in [6, 6.07) is 11.7. The monoisotopic (exact) mass is 459 g/mol. The minimum Gasteiger partial charge on any atom is -0.339 e. The summed E-state index contributed by atoms with van der Waals surface area (Å²) < 4.78 is 41.5. The first-order chi connectivity index (χ1) is 15.3. The van der Waals surface area contributed by atoms with Gasteiger partial charge in [0.15, 0.2) is 0 Å². The summed E-state index contributed by atoms with van der Waals surface area (Å²) in [5.74, 6) is 0.175. The Balaban J connectivity index is 1.35. The van der Waals surface area contributed by atoms with Crippen LogP contribution in [0.3, 0.4) is 0 Å². The fourth-order valence-electron chi connectivity index (χ4n) is 3.68. The number of likely N-dealkylation sites (tertiary alicyclic amines) is 1. The maximum absolute atomic E-state index is 13.5. The number of nitrogens with one attached hydrogen (secondary N) is 1. The maximum Gasteiger partial charge on any atom is 0.238 e. The first-order valence-electron chi connectivity index (χ1n) is 10.0. The van der Waals surface area contributed by atoms with E-state index in [0.29, 0.717) is 29.5 Å². The van der Waals surface area contributed by atoms with Crippen LogP contribution >= 0.6 is 0 Å². The van der Waals surface area contributed by atoms with Crippen molar-refractivity contribution in [2.24, 2.45) is 5.14 Å². The molecule has 0 spiro atoms. The molecular weight excluding hydrogens is 437 g/mol. The number of nitrogens with zero attached hydrogens (tertiary/aromatic N) is 3. The molecule has 1 aromatic heterocycles. The van der Waals surface area contributed by atoms with Crippen LogP contribution in [0.1, 0.15) is 24.7 Å². The van der Waals surface area contributed by atoms with Gasteiger partial charge in [-0.3, -0.25) is 9.69 Å². The zero-order valence-corrected chi connectivity index (χ0v) is 17.9. The van der Waals surface area contributed by atoms with Crippen LogP contribution in [0.2, 0.25) is 0 Å². The quantitative estimate of drug-likeness (QED) is 0.578. The summed E-state index contributed by atoms with van der Waals surface area (Å²) >= 11 is 0. The third-order valence-corrected chi connectivity index (χ3v) is 6.14. The van der Waals surface area contributed by atoms with Crippen molar-refractivity contribution in [3.8, 4) is 11.4 Å². The second kappa shape index (κ2) is 9.15. The molecule has 3 N–H and O–H groups in total. The van der Waals surface area contributed by atoms with Gasteiger partial charge in [0, 0.05) is 17.8 Å². The van der Waals surface area contributed by atoms with E-state index in [1.165, 1.54) is 36.4 Å². The largest absolute Gasteiger partial charge is 0.339 e. The molecule has 3 aromatic rings. The van der Waals surface area contributed by atoms with Crippen molar-refractivity contribution in [2.45, 2.75) is 23.7 Å². The molecule has 9 nitrogen and oxygen atoms in total. The highest BCUT2D eigenvalue weighted by atomic mass is 32.2. The Kier molecular flexibility index (Phi) is 6.31. The minimum atomic E-state index is -3.78. The summed E-state index contributed by atoms with van der Waals surface area (Å²) in [7, 11) is -3.78. The van der Waals surface area contributed by atoms with Gasteiger partial charge in [0.1, 0.15) is 5.82 Å². The van der Waals surface area contributed by atoms with E-state index in [0.717, 1.165) is 19.4 Å². The summed E-state index contributed by atoms with van der Waals surface area (Å²) in [6.07, 6.45) is 1.70. The van der Waals surface area contributed by atoms with Crippen LogP contribution < -0.4 is 10.5 Å². The van der Waals surface area contributed by atoms with Crippen LogP contribution in [0.25, 0.3) is 11.4 Å². The lowest BCUT2D eigenvalue weighted by Crippen LogP contribution is -2.39. The molecule has 32 heavy (non-hydrogen) atoms. The van der Waals surface area contributed by atoms with Gasteiger partial charge in [0.25, 0.3) is 0 Å². The fraction of sp³-hybridized carbons (Fsp3) is 0.286. The van der Waals surface area contributed by atoms with E-state index in [2.05, 4.69) is 15.5 Å². The number of amides is 1. The Hall–Kier alpha value is -3.15. The number of rotatable bonds is 6. The van der Waals surface area contributed by atoms with Crippen molar-refractivity contribution in [3.63, 3.8) is 0 Å². The average molecular weight is 460 g/mol. The molecule has 11 heteroatoms. The molecule has 1 saturated heterocycles. The molecule has 2 heterocycles. The summed E-state index contributed by atoms with van der Waals surface area (Å²) in [6.45, 7) is 1.49. The number of carbonyl (C=O) groups is 1. The number of benzene rings is 2. The van der Waals surface area contributed by atoms with E-state index in [4.69, 9.17) is 9.66 Å². The van der Waals surface area contributed by atoms with Gasteiger partial charge in [-0.1, -0.05) is 17.3 Å². The summed E-state index contributed by atoms with van der Waals surface area (Å²) in [4.78, 5) is 18.8. The Morgan fingerprint density at radius 3 is 2.75 bits per heavy atom. The second-order valence-electron chi connectivity index (χ2n) is 7.66. The number of nitrogens with two attached hydrogens (primary N) is 1. The molecule has 1 atom stereocenters. The van der Waals surface area contributed by atoms with E-state index in [9.17, 15) is 17.6 Å². The molecule has 1 amide bonds. The predicted molar refractivity (Wildman–Crippen MR) is 115 cm³/mol. The lowest BCUT2D eigenvalue weighted by molar-refractivity contribution is -0.117. The molecule has 1 unspecified atom stereocenters. The van der Waals surface area contributed by atoms with Crippen molar-refractivity contribution < 1.29 is 22.1 Å². The average Bonchev–Trinajstić information content (AvgIpc) is 3.24. The number of aromatic nitrogens is 2. The number of piperidine rings is 1. The highest BCUT2D eigenvalue weighted by Gasteiger charge is 2.27. The molecule has 168 valence electrons. The van der Waals surface area contributed by atoms with Gasteiger partial charge in [-0.25, -0.2) is 17.9 Å². The van der Waals surface area contributed by atoms with Gasteiger partial charge in [0.05, 0.1) is 17.4 Å². The predicted octanol–water partition coefficient (Wildman–Crippen LogP) is 2.34. The molecule has 1 aliphatic heterocycles. The van der Waals surface area contributed by atoms with Crippen LogP contribution in [0, 0.1) is 5.82 Å². The van der Waals surface area contributed by atoms with Gasteiger partial charge in [-0.2, -0.15) is 4.98 Å². The standard InChI is InChI=1S/C21H22FN5O4S/c22-16-5-1-3-14(11-16)20-25-21(31-26-20)15-4-2-10-27(12-15)13-19(28)24-17-6-8-18(9-7-17)32(23,29)30/h1,3,5-9,11,15H,2,4,10,12-13H2,(H,24,28)(H2,23,29,30). The highest BCUT2D eigenvalue weighted by molar-refractivity contribution is 7.89. The third-order valence-electron chi connectivity index (χ3n) is 5.21. The van der Waals surface area contributed by atoms with Crippen LogP contribution in [-0.2, 0) is 14.8 Å². The Labute approximate surface area is 184 Å². The van der Waals surface area contributed by atoms with E-state index < -0.39 is 10.0 Å². The molecule has 1 aliphatic rings. The van der Waals surface area contributed by atoms with Gasteiger partial charge >= 0.3 is 0 Å². The number of primary sulfonamides is 1. The first-order valence-corrected chi connectivity index (χ1v) is 11.6. The van der Waals surface area contributed by atoms with Crippen molar-refractivity contribution in [3.05, 3.63) is 60.2 Å². The zero-order valence-electron chi connectivity index (χ0n) is 17.1. The SMILES string of the molecule is NS(=O)(=O)c1ccc(NC(=O)CN2CCCC(c3nc(-c4cccc(F)c4)no3)C2)cc1. The van der Waals surface area contributed by atoms with E-state index >= 15 is 0 Å². The number of halogens is 1. The third kappa shape index (κ3) is 5.36. The molecule has 0 radical (unpaired) electrons. The molecular formula is C21H22FN5O4S. The molecule has 1 fully saturated rings. The lowest BCUT2D eigenvalue weighted by atomic mass is 9.98. The molecule has 2 aromatic carbocycles. The van der Waals surface area contributed by atoms with Gasteiger partial charge in [-0.15, -0.1) is 0 Å². The Morgan fingerprint density at radius 1 is 1.25 bits per heavy atom. The Morgan fingerprint density at radius 2 is 2.03 bits per heavy atom. The number of anilines is 1. The molecule has 0 bridgehead atoms. The minimum absolute atomic E-state index is 0.0217. The smallest absolute Gasteiger partial charge is 0.238 e. The van der Waals surface area contributed by atoms with Gasteiger partial charge < -0.3 is 9.84 Å². The van der Waals surface area contributed by atoms with E-state index in [1.807, 2.05) is 4.90 Å². The number of hydrogen-bond acceptors (Lipinski definition) is 7. The normalized spacial score (nSPS) is 17.2. The van der Waals surface area contributed by atoms with Crippen molar-refractivity contribution in [1.82, 2.24) is 15.0 Å². The highest BCUT2D eigenvalue weighted by Crippen LogP contribution is 2.27. The topological polar surface area (TPSA) is 131 Å². The van der Waals surface area contributed by atoms with Crippen molar-refractivity contribution in [2.75, 3.05) is 25.0 Å². The second-order valence-corrected chi connectivity index (χ2v) is 9.22. The van der Waals surface area contributed by atoms with Crippen LogP contribution in [0.5, 0.6) is 0 Å². The number of hydrogen-bond donors (Lipinski definition) is 2. The van der Waals surface area contributed by atoms with Crippen LogP contribution in [-0.4, -0.2) is 49.0 Å². The first kappa shape index (κ1) is 22.1. The fourth-order valence-corrected chi connectivity index (χ4v) is 4.19. The van der Waals surface area contributed by atoms with E-state index in [-0.39, 0.29) is 29.1 Å². The van der Waals surface area contributed by atoms with Crippen LogP contribution in [0.15, 0.2) is 57.9 Å². The lowest BCUT2D eigenvalue weighted by Gasteiger charge is -2.30. The molecule has 0 saturated carbocycles. The Bertz CT molecular complexity index is 1210. The van der Waals surface area contributed by atoms with Gasteiger partial charge in [-0.05, 0) is 55.8 Å². The summed E-state index contributed by atoms with van der Waals surface area (Å²) in [5, 5.41) is 11.8. The molecule has 0 aliphatic carbocycles. The number of sulfonamides is 1. The molecule has 4 rings (SSSR count). The van der Waals surface area contributed by atoms with Crippen molar-refractivity contribution >= 4 is 21.6 Å². The maximum atomic E-state index is 13.5. The number of carbonyl (C=O) groups excluding carboxylic acids is 1. The van der Waals surface area contributed by atoms with Gasteiger partial charge in [0.2, 0.25) is 27.6 Å². The zero-order chi connectivity index (χ0) is 22.7. The van der Waals surface area contributed by atoms with E-state index in [1.54, 1.807) is 12.1 Å². The van der Waals surface area contributed by atoms with Crippen molar-refractivity contribution in [1.29, 1.82) is 0 Å². The van der Waals surface area contributed by atoms with Crippen LogP contribution in [0.4, 0.5) is 10.1 Å². The summed E-state index contributed by atoms with van der Waals surface area (Å²) in [5.41, 5.74) is 1.02.